The summed E-state index contributed by atoms with van der Waals surface area (Å²) in [4.78, 5) is 20.0. The number of aliphatic hydroxyl groups excluding tert-OH is 1. The van der Waals surface area contributed by atoms with E-state index in [1.165, 1.54) is 24.1 Å². The number of pyridine rings is 1. The number of aromatic nitrogens is 2. The minimum atomic E-state index is -2.62. The number of hydrogen-bond donors (Lipinski definition) is 3. The van der Waals surface area contributed by atoms with Crippen molar-refractivity contribution in [1.29, 1.82) is 0 Å². The molecule has 0 spiro atoms. The van der Waals surface area contributed by atoms with Gasteiger partial charge in [0.25, 0.3) is 5.91 Å². The Balaban J connectivity index is 0.000000270. The van der Waals surface area contributed by atoms with Gasteiger partial charge in [-0.1, -0.05) is 51.1 Å². The first-order chi connectivity index (χ1) is 17.6. The molecule has 10 heteroatoms. The van der Waals surface area contributed by atoms with Crippen molar-refractivity contribution in [2.75, 3.05) is 0 Å². The topological polar surface area (TPSA) is 138 Å². The maximum Gasteiger partial charge on any atom is 0.316 e. The fourth-order valence-electron chi connectivity index (χ4n) is 4.33. The zero-order valence-corrected chi connectivity index (χ0v) is 21.7. The van der Waals surface area contributed by atoms with Gasteiger partial charge in [-0.3, -0.25) is 4.79 Å². The zero-order chi connectivity index (χ0) is 26.6. The van der Waals surface area contributed by atoms with Crippen LogP contribution in [-0.2, 0) is 15.9 Å². The van der Waals surface area contributed by atoms with Crippen LogP contribution in [0.15, 0.2) is 69.8 Å². The van der Waals surface area contributed by atoms with Gasteiger partial charge in [-0.25, -0.2) is 4.98 Å². The minimum Gasteiger partial charge on any atom is -0.464 e. The number of amides is 1. The summed E-state index contributed by atoms with van der Waals surface area (Å²) in [6.45, 7) is 6.67. The number of carbonyl (C=O) groups excluding carboxylic acids is 1. The van der Waals surface area contributed by atoms with Gasteiger partial charge in [-0.05, 0) is 48.4 Å². The largest absolute Gasteiger partial charge is 0.464 e. The molecule has 1 saturated carbocycles. The van der Waals surface area contributed by atoms with Gasteiger partial charge in [0.15, 0.2) is 0 Å². The Morgan fingerprint density at radius 3 is 2.49 bits per heavy atom. The van der Waals surface area contributed by atoms with Crippen molar-refractivity contribution >= 4 is 33.1 Å². The average molecular weight is 523 g/mol. The average Bonchev–Trinajstić information content (AvgIpc) is 3.59. The molecule has 2 atom stereocenters. The summed E-state index contributed by atoms with van der Waals surface area (Å²) in [5.74, 6) is 0.0387. The van der Waals surface area contributed by atoms with Crippen molar-refractivity contribution in [3.05, 3.63) is 72.2 Å². The first-order valence-corrected chi connectivity index (χ1v) is 13.1. The molecule has 37 heavy (non-hydrogen) atoms. The lowest BCUT2D eigenvalue weighted by molar-refractivity contribution is 0.0869. The highest BCUT2D eigenvalue weighted by atomic mass is 32.2. The lowest BCUT2D eigenvalue weighted by Crippen LogP contribution is -2.40. The monoisotopic (exact) mass is 522 g/mol. The number of aliphatic hydroxyl groups is 1. The van der Waals surface area contributed by atoms with E-state index in [0.29, 0.717) is 40.6 Å². The number of H-pyrrole nitrogens is 1. The van der Waals surface area contributed by atoms with Crippen LogP contribution < -0.4 is 5.32 Å². The van der Waals surface area contributed by atoms with Crippen molar-refractivity contribution in [2.45, 2.75) is 57.6 Å². The second-order valence-corrected chi connectivity index (χ2v) is 10.6. The number of nitrogens with one attached hydrogen (secondary N) is 2. The van der Waals surface area contributed by atoms with E-state index in [0.717, 1.165) is 6.42 Å². The van der Waals surface area contributed by atoms with Crippen molar-refractivity contribution in [2.24, 2.45) is 4.36 Å². The molecule has 2 unspecified atom stereocenters. The van der Waals surface area contributed by atoms with Crippen LogP contribution in [0.4, 0.5) is 5.69 Å². The zero-order valence-electron chi connectivity index (χ0n) is 20.9. The first kappa shape index (κ1) is 26.3. The van der Waals surface area contributed by atoms with E-state index in [1.54, 1.807) is 12.1 Å². The van der Waals surface area contributed by atoms with E-state index < -0.39 is 22.5 Å². The second kappa shape index (κ2) is 11.1. The molecule has 3 aromatic heterocycles. The van der Waals surface area contributed by atoms with Crippen LogP contribution in [0.3, 0.4) is 0 Å². The number of benzene rings is 1. The summed E-state index contributed by atoms with van der Waals surface area (Å²) in [6.07, 6.45) is 4.42. The van der Waals surface area contributed by atoms with Crippen LogP contribution >= 0.6 is 0 Å². The Hall–Kier alpha value is -3.76. The van der Waals surface area contributed by atoms with E-state index >= 15 is 0 Å². The van der Waals surface area contributed by atoms with Crippen LogP contribution in [0.1, 0.15) is 56.1 Å². The van der Waals surface area contributed by atoms with E-state index in [-0.39, 0.29) is 17.4 Å². The van der Waals surface area contributed by atoms with E-state index in [9.17, 15) is 18.3 Å². The Kier molecular flexibility index (Phi) is 7.89. The Morgan fingerprint density at radius 2 is 1.92 bits per heavy atom. The Labute approximate surface area is 216 Å². The molecule has 1 aromatic carbocycles. The van der Waals surface area contributed by atoms with Gasteiger partial charge in [-0.15, -0.1) is 4.36 Å². The molecule has 194 valence electrons. The molecule has 1 aliphatic rings. The summed E-state index contributed by atoms with van der Waals surface area (Å²) in [5, 5.41) is 13.3. The Bertz CT molecular complexity index is 1500. The molecule has 0 radical (unpaired) electrons. The summed E-state index contributed by atoms with van der Waals surface area (Å²) in [5.41, 5.74) is 2.92. The molecule has 1 fully saturated rings. The van der Waals surface area contributed by atoms with E-state index in [1.807, 2.05) is 0 Å². The normalized spacial score (nSPS) is 17.2. The number of fused-ring (bicyclic) bond motifs is 1. The fourth-order valence-corrected chi connectivity index (χ4v) is 4.60. The Morgan fingerprint density at radius 1 is 1.16 bits per heavy atom. The maximum absolute atomic E-state index is 12.8. The summed E-state index contributed by atoms with van der Waals surface area (Å²) >= 11 is 0. The summed E-state index contributed by atoms with van der Waals surface area (Å²) in [7, 11) is -2.62. The van der Waals surface area contributed by atoms with Gasteiger partial charge in [0, 0.05) is 5.39 Å². The predicted octanol–water partition coefficient (Wildman–Crippen LogP) is 5.14. The standard InChI is InChI=1S/C17H16N4O5S.C10H14/c22-12-4-1-3-11(12)19-17(23)15-14(13-5-2-6-26-13)10-7-9(21-27(24)25)8-18-16(10)20-15;1-10(2,3)9-7-5-4-6-8-9/h2,5-8,11-12,22H,1,3-4H2,(H,18,20)(H,19,23);4-8H,1-3H3. The number of carbonyl (C=O) groups is 1. The van der Waals surface area contributed by atoms with Gasteiger partial charge in [-0.2, -0.15) is 8.42 Å². The van der Waals surface area contributed by atoms with Gasteiger partial charge in [0.1, 0.15) is 22.8 Å². The van der Waals surface area contributed by atoms with Crippen LogP contribution in [0.5, 0.6) is 0 Å². The first-order valence-electron chi connectivity index (χ1n) is 12.0. The maximum atomic E-state index is 12.8. The summed E-state index contributed by atoms with van der Waals surface area (Å²) in [6, 6.07) is 15.1. The highest BCUT2D eigenvalue weighted by Gasteiger charge is 2.29. The minimum absolute atomic E-state index is 0.140. The smallest absolute Gasteiger partial charge is 0.316 e. The number of aromatic amines is 1. The lowest BCUT2D eigenvalue weighted by Gasteiger charge is -2.18. The quantitative estimate of drug-likeness (QED) is 0.339. The number of nitrogens with zero attached hydrogens (tertiary/aromatic N) is 2. The van der Waals surface area contributed by atoms with Gasteiger partial charge in [0.05, 0.1) is 30.2 Å². The van der Waals surface area contributed by atoms with Crippen molar-refractivity contribution in [3.63, 3.8) is 0 Å². The van der Waals surface area contributed by atoms with Gasteiger partial charge in [0.2, 0.25) is 0 Å². The second-order valence-electron chi connectivity index (χ2n) is 9.94. The van der Waals surface area contributed by atoms with E-state index in [4.69, 9.17) is 4.42 Å². The molecule has 5 rings (SSSR count). The third kappa shape index (κ3) is 6.33. The molecule has 0 saturated heterocycles. The molecule has 4 aromatic rings. The van der Waals surface area contributed by atoms with E-state index in [2.05, 4.69) is 70.8 Å². The van der Waals surface area contributed by atoms with Crippen LogP contribution in [0.25, 0.3) is 22.4 Å². The summed E-state index contributed by atoms with van der Waals surface area (Å²) < 4.78 is 30.6. The fraction of sp³-hybridized carbons (Fsp3) is 0.333. The molecule has 9 nitrogen and oxygen atoms in total. The van der Waals surface area contributed by atoms with Crippen LogP contribution in [0, 0.1) is 0 Å². The molecular formula is C27H30N4O5S. The molecule has 0 aliphatic heterocycles. The SMILES string of the molecule is CC(C)(C)c1ccccc1.O=C(NC1CCCC1O)c1[nH]c2ncc(N=S(=O)=O)cc2c1-c1ccco1. The van der Waals surface area contributed by atoms with Crippen LogP contribution in [0.2, 0.25) is 0 Å². The third-order valence-electron chi connectivity index (χ3n) is 6.25. The molecule has 3 N–H and O–H groups in total. The number of rotatable bonds is 4. The molecule has 0 bridgehead atoms. The molecular weight excluding hydrogens is 492 g/mol. The van der Waals surface area contributed by atoms with Crippen LogP contribution in [-0.4, -0.2) is 41.5 Å². The lowest BCUT2D eigenvalue weighted by atomic mass is 9.87. The van der Waals surface area contributed by atoms with Crippen molar-refractivity contribution in [1.82, 2.24) is 15.3 Å². The van der Waals surface area contributed by atoms with Crippen molar-refractivity contribution in [3.8, 4) is 11.3 Å². The predicted molar refractivity (Wildman–Crippen MR) is 141 cm³/mol. The molecule has 3 heterocycles. The third-order valence-corrected chi connectivity index (χ3v) is 6.61. The number of furan rings is 1. The molecule has 1 aliphatic carbocycles. The highest BCUT2D eigenvalue weighted by Crippen LogP contribution is 2.34. The highest BCUT2D eigenvalue weighted by molar-refractivity contribution is 7.61. The van der Waals surface area contributed by atoms with Gasteiger partial charge < -0.3 is 19.8 Å². The molecule has 1 amide bonds. The van der Waals surface area contributed by atoms with Gasteiger partial charge >= 0.3 is 10.5 Å². The van der Waals surface area contributed by atoms with Crippen molar-refractivity contribution < 1.29 is 22.7 Å². The number of hydrogen-bond acceptors (Lipinski definition) is 7.